The molecule has 0 amide bonds. The molecule has 0 unspecified atom stereocenters. The number of hydrogen-bond donors (Lipinski definition) is 2. The van der Waals surface area contributed by atoms with E-state index < -0.39 is 5.82 Å². The van der Waals surface area contributed by atoms with Gasteiger partial charge in [-0.05, 0) is 36.4 Å². The lowest BCUT2D eigenvalue weighted by atomic mass is 10.1. The number of benzene rings is 3. The molecular weight excluding hydrogens is 353 g/mol. The molecule has 130 valence electrons. The van der Waals surface area contributed by atoms with Crippen LogP contribution in [0.4, 0.5) is 15.8 Å². The van der Waals surface area contributed by atoms with E-state index in [9.17, 15) is 9.18 Å². The third-order valence-corrected chi connectivity index (χ3v) is 3.76. The first-order valence-electron chi connectivity index (χ1n) is 7.84. The molecule has 0 aliphatic carbocycles. The highest BCUT2D eigenvalue weighted by Gasteiger charge is 2.15. The number of carbonyl (C=O) groups excluding carboxylic acids is 1. The number of Topliss-reactive ketones (excluding diaryl/α,β-unsaturated/α-hetero) is 1. The van der Waals surface area contributed by atoms with Crippen LogP contribution in [0.25, 0.3) is 0 Å². The minimum atomic E-state index is -0.515. The van der Waals surface area contributed by atoms with Crippen LogP contribution in [0.5, 0.6) is 0 Å². The van der Waals surface area contributed by atoms with Gasteiger partial charge in [-0.2, -0.15) is 0 Å². The molecule has 0 fully saturated rings. The Kier molecular flexibility index (Phi) is 5.61. The molecule has 0 saturated heterocycles. The fourth-order valence-corrected chi connectivity index (χ4v) is 2.32. The van der Waals surface area contributed by atoms with Crippen LogP contribution in [0, 0.1) is 5.82 Å². The molecule has 3 aromatic rings. The molecule has 26 heavy (non-hydrogen) atoms. The average molecular weight is 368 g/mol. The van der Waals surface area contributed by atoms with E-state index in [0.29, 0.717) is 16.3 Å². The quantitative estimate of drug-likeness (QED) is 0.288. The van der Waals surface area contributed by atoms with Crippen molar-refractivity contribution in [1.82, 2.24) is 5.43 Å². The summed E-state index contributed by atoms with van der Waals surface area (Å²) in [4.78, 5) is 16.9. The number of nitrogens with zero attached hydrogens (tertiary/aromatic N) is 1. The molecule has 0 spiro atoms. The summed E-state index contributed by atoms with van der Waals surface area (Å²) in [6.07, 6.45) is 0. The van der Waals surface area contributed by atoms with E-state index in [1.807, 2.05) is 6.07 Å². The highest BCUT2D eigenvalue weighted by molar-refractivity contribution is 6.45. The summed E-state index contributed by atoms with van der Waals surface area (Å²) in [6, 6.07) is 21.5. The molecular formula is C20H15ClFN3O. The Hall–Kier alpha value is -3.18. The number of hydrazine groups is 1. The highest BCUT2D eigenvalue weighted by Crippen LogP contribution is 2.17. The number of halogens is 2. The van der Waals surface area contributed by atoms with Gasteiger partial charge in [0.2, 0.25) is 5.78 Å². The molecule has 4 nitrogen and oxygen atoms in total. The first kappa shape index (κ1) is 17.6. The zero-order valence-corrected chi connectivity index (χ0v) is 14.4. The van der Waals surface area contributed by atoms with Crippen molar-refractivity contribution in [2.24, 2.45) is 4.99 Å². The highest BCUT2D eigenvalue weighted by atomic mass is 35.5. The van der Waals surface area contributed by atoms with Gasteiger partial charge in [0.25, 0.3) is 0 Å². The molecule has 0 heterocycles. The van der Waals surface area contributed by atoms with Gasteiger partial charge in [0, 0.05) is 10.6 Å². The van der Waals surface area contributed by atoms with Crippen LogP contribution in [-0.2, 0) is 0 Å². The van der Waals surface area contributed by atoms with Gasteiger partial charge in [0.05, 0.1) is 5.69 Å². The van der Waals surface area contributed by atoms with Crippen LogP contribution in [0.15, 0.2) is 83.9 Å². The molecule has 0 saturated carbocycles. The summed E-state index contributed by atoms with van der Waals surface area (Å²) in [5.41, 5.74) is 6.83. The van der Waals surface area contributed by atoms with E-state index in [0.717, 1.165) is 0 Å². The van der Waals surface area contributed by atoms with Crippen molar-refractivity contribution in [1.29, 1.82) is 0 Å². The molecule has 3 aromatic carbocycles. The predicted molar refractivity (Wildman–Crippen MR) is 102 cm³/mol. The van der Waals surface area contributed by atoms with E-state index in [-0.39, 0.29) is 17.3 Å². The summed E-state index contributed by atoms with van der Waals surface area (Å²) in [6.45, 7) is 0. The minimum Gasteiger partial charge on any atom is -0.300 e. The van der Waals surface area contributed by atoms with E-state index >= 15 is 0 Å². The SMILES string of the molecule is O=C(C(=Nc1ccccc1F)NNc1ccc(Cl)cc1)c1ccccc1. The number of hydrogen-bond acceptors (Lipinski definition) is 3. The molecule has 0 aromatic heterocycles. The number of amidine groups is 1. The standard InChI is InChI=1S/C20H15ClFN3O/c21-15-10-12-16(13-11-15)24-25-20(19(26)14-6-2-1-3-7-14)23-18-9-5-4-8-17(18)22/h1-13,24H,(H,23,25). The van der Waals surface area contributed by atoms with Crippen molar-refractivity contribution in [2.45, 2.75) is 0 Å². The third kappa shape index (κ3) is 4.46. The third-order valence-electron chi connectivity index (χ3n) is 3.51. The van der Waals surface area contributed by atoms with E-state index in [1.165, 1.54) is 12.1 Å². The Morgan fingerprint density at radius 3 is 2.23 bits per heavy atom. The maximum atomic E-state index is 13.9. The number of carbonyl (C=O) groups is 1. The van der Waals surface area contributed by atoms with Gasteiger partial charge in [-0.3, -0.25) is 15.6 Å². The topological polar surface area (TPSA) is 53.5 Å². The van der Waals surface area contributed by atoms with Gasteiger partial charge in [0.15, 0.2) is 5.84 Å². The molecule has 0 bridgehead atoms. The molecule has 0 aliphatic heterocycles. The van der Waals surface area contributed by atoms with Crippen molar-refractivity contribution in [2.75, 3.05) is 5.43 Å². The van der Waals surface area contributed by atoms with Gasteiger partial charge in [-0.25, -0.2) is 9.38 Å². The smallest absolute Gasteiger partial charge is 0.229 e. The van der Waals surface area contributed by atoms with E-state index in [1.54, 1.807) is 60.7 Å². The van der Waals surface area contributed by atoms with Gasteiger partial charge >= 0.3 is 0 Å². The fraction of sp³-hybridized carbons (Fsp3) is 0. The van der Waals surface area contributed by atoms with Gasteiger partial charge < -0.3 is 0 Å². The van der Waals surface area contributed by atoms with Gasteiger partial charge in [-0.15, -0.1) is 0 Å². The molecule has 0 atom stereocenters. The van der Waals surface area contributed by atoms with Crippen LogP contribution in [0.3, 0.4) is 0 Å². The first-order chi connectivity index (χ1) is 12.6. The van der Waals surface area contributed by atoms with Crippen LogP contribution in [0.2, 0.25) is 5.02 Å². The Bertz CT molecular complexity index is 927. The summed E-state index contributed by atoms with van der Waals surface area (Å²) in [5.74, 6) is -0.911. The Morgan fingerprint density at radius 1 is 0.885 bits per heavy atom. The summed E-state index contributed by atoms with van der Waals surface area (Å²) >= 11 is 5.86. The van der Waals surface area contributed by atoms with E-state index in [4.69, 9.17) is 11.6 Å². The number of aliphatic imine (C=N–C) groups is 1. The second-order valence-electron chi connectivity index (χ2n) is 5.36. The number of ketones is 1. The monoisotopic (exact) mass is 367 g/mol. The summed E-state index contributed by atoms with van der Waals surface area (Å²) in [5, 5.41) is 0.594. The first-order valence-corrected chi connectivity index (χ1v) is 8.22. The number of rotatable bonds is 5. The van der Waals surface area contributed by atoms with Gasteiger partial charge in [0.1, 0.15) is 11.5 Å². The zero-order valence-electron chi connectivity index (χ0n) is 13.6. The Morgan fingerprint density at radius 2 is 1.54 bits per heavy atom. The minimum absolute atomic E-state index is 0.0312. The molecule has 0 radical (unpaired) electrons. The number of nitrogens with one attached hydrogen (secondary N) is 2. The zero-order chi connectivity index (χ0) is 18.4. The lowest BCUT2D eigenvalue weighted by molar-refractivity contribution is 0.106. The van der Waals surface area contributed by atoms with Crippen LogP contribution >= 0.6 is 11.6 Å². The Labute approximate surface area is 155 Å². The van der Waals surface area contributed by atoms with E-state index in [2.05, 4.69) is 15.8 Å². The van der Waals surface area contributed by atoms with Crippen molar-refractivity contribution < 1.29 is 9.18 Å². The normalized spacial score (nSPS) is 11.1. The maximum Gasteiger partial charge on any atom is 0.229 e. The predicted octanol–water partition coefficient (Wildman–Crippen LogP) is 5.01. The summed E-state index contributed by atoms with van der Waals surface area (Å²) in [7, 11) is 0. The van der Waals surface area contributed by atoms with Crippen molar-refractivity contribution >= 4 is 34.6 Å². The number of anilines is 1. The molecule has 6 heteroatoms. The van der Waals surface area contributed by atoms with Crippen LogP contribution < -0.4 is 10.9 Å². The molecule has 0 aliphatic rings. The second kappa shape index (κ2) is 8.27. The number of para-hydroxylation sites is 1. The largest absolute Gasteiger partial charge is 0.300 e. The summed E-state index contributed by atoms with van der Waals surface area (Å²) < 4.78 is 13.9. The van der Waals surface area contributed by atoms with Crippen molar-refractivity contribution in [3.05, 3.63) is 95.3 Å². The van der Waals surface area contributed by atoms with Crippen molar-refractivity contribution in [3.63, 3.8) is 0 Å². The molecule has 3 rings (SSSR count). The van der Waals surface area contributed by atoms with Gasteiger partial charge in [-0.1, -0.05) is 54.1 Å². The lowest BCUT2D eigenvalue weighted by Gasteiger charge is -2.12. The average Bonchev–Trinajstić information content (AvgIpc) is 2.68. The van der Waals surface area contributed by atoms with Crippen molar-refractivity contribution in [3.8, 4) is 0 Å². The molecule has 2 N–H and O–H groups in total. The maximum absolute atomic E-state index is 13.9. The van der Waals surface area contributed by atoms with Crippen LogP contribution in [-0.4, -0.2) is 11.6 Å². The fourth-order valence-electron chi connectivity index (χ4n) is 2.19. The van der Waals surface area contributed by atoms with Crippen LogP contribution in [0.1, 0.15) is 10.4 Å². The lowest BCUT2D eigenvalue weighted by Crippen LogP contribution is -2.35. The Balaban J connectivity index is 1.89. The second-order valence-corrected chi connectivity index (χ2v) is 5.80.